The first kappa shape index (κ1) is 15.0. The maximum Gasteiger partial charge on any atom is 0.165 e. The summed E-state index contributed by atoms with van der Waals surface area (Å²) in [5, 5.41) is 0. The molecule has 102 valence electrons. The van der Waals surface area contributed by atoms with Gasteiger partial charge in [-0.05, 0) is 36.5 Å². The third-order valence-corrected chi connectivity index (χ3v) is 3.24. The zero-order valence-corrected chi connectivity index (χ0v) is 11.6. The van der Waals surface area contributed by atoms with E-state index >= 15 is 0 Å². The molecule has 18 heavy (non-hydrogen) atoms. The molecule has 2 unspecified atom stereocenters. The van der Waals surface area contributed by atoms with Gasteiger partial charge < -0.3 is 10.5 Å². The summed E-state index contributed by atoms with van der Waals surface area (Å²) in [6, 6.07) is 5.22. The Hall–Kier alpha value is -1.09. The second-order valence-electron chi connectivity index (χ2n) is 4.96. The number of rotatable bonds is 7. The summed E-state index contributed by atoms with van der Waals surface area (Å²) in [5.74, 6) is 0.487. The van der Waals surface area contributed by atoms with Crippen LogP contribution in [0.4, 0.5) is 4.39 Å². The van der Waals surface area contributed by atoms with E-state index in [1.165, 1.54) is 6.07 Å². The van der Waals surface area contributed by atoms with Gasteiger partial charge in [0.05, 0.1) is 6.61 Å². The van der Waals surface area contributed by atoms with Crippen molar-refractivity contribution in [1.82, 2.24) is 0 Å². The number of halogens is 1. The van der Waals surface area contributed by atoms with Gasteiger partial charge in [-0.15, -0.1) is 0 Å². The summed E-state index contributed by atoms with van der Waals surface area (Å²) >= 11 is 0. The first-order chi connectivity index (χ1) is 8.56. The summed E-state index contributed by atoms with van der Waals surface area (Å²) < 4.78 is 19.3. The first-order valence-corrected chi connectivity index (χ1v) is 6.73. The summed E-state index contributed by atoms with van der Waals surface area (Å²) in [6.45, 7) is 6.78. The molecule has 0 radical (unpaired) electrons. The largest absolute Gasteiger partial charge is 0.490 e. The average Bonchev–Trinajstić information content (AvgIpc) is 2.37. The third-order valence-electron chi connectivity index (χ3n) is 3.24. The van der Waals surface area contributed by atoms with Crippen LogP contribution in [0.1, 0.15) is 39.2 Å². The van der Waals surface area contributed by atoms with Crippen LogP contribution in [0.2, 0.25) is 0 Å². The lowest BCUT2D eigenvalue weighted by atomic mass is 10.0. The predicted octanol–water partition coefficient (Wildman–Crippen LogP) is 3.53. The van der Waals surface area contributed by atoms with Crippen molar-refractivity contribution in [2.24, 2.45) is 11.7 Å². The summed E-state index contributed by atoms with van der Waals surface area (Å²) in [6.07, 6.45) is 2.64. The Kier molecular flexibility index (Phi) is 6.13. The molecule has 0 aromatic heterocycles. The summed E-state index contributed by atoms with van der Waals surface area (Å²) in [7, 11) is 0. The Balaban J connectivity index is 2.62. The van der Waals surface area contributed by atoms with Crippen LogP contribution in [0.5, 0.6) is 5.75 Å². The normalized spacial score (nSPS) is 14.3. The van der Waals surface area contributed by atoms with Crippen molar-refractivity contribution in [1.29, 1.82) is 0 Å². The first-order valence-electron chi connectivity index (χ1n) is 6.73. The number of benzene rings is 1. The Morgan fingerprint density at radius 1 is 1.28 bits per heavy atom. The van der Waals surface area contributed by atoms with E-state index in [0.29, 0.717) is 24.7 Å². The molecule has 1 aromatic rings. The van der Waals surface area contributed by atoms with Crippen molar-refractivity contribution < 1.29 is 9.13 Å². The van der Waals surface area contributed by atoms with E-state index in [1.54, 1.807) is 6.07 Å². The van der Waals surface area contributed by atoms with E-state index in [1.807, 2.05) is 13.0 Å². The molecule has 1 rings (SSSR count). The van der Waals surface area contributed by atoms with Crippen molar-refractivity contribution in [2.75, 3.05) is 6.61 Å². The lowest BCUT2D eigenvalue weighted by molar-refractivity contribution is 0.246. The number of ether oxygens (including phenoxy) is 1. The maximum absolute atomic E-state index is 13.8. The highest BCUT2D eigenvalue weighted by Crippen LogP contribution is 2.20. The van der Waals surface area contributed by atoms with Gasteiger partial charge in [-0.3, -0.25) is 0 Å². The molecule has 0 spiro atoms. The number of nitrogens with two attached hydrogens (primary N) is 1. The third kappa shape index (κ3) is 4.65. The minimum atomic E-state index is -0.292. The standard InChI is InChI=1S/C15H24FNO/c1-4-11(3)10-18-15-7-6-12(9-14(15)16)8-13(17)5-2/h6-7,9,11,13H,4-5,8,10,17H2,1-3H3. The van der Waals surface area contributed by atoms with Gasteiger partial charge in [0.2, 0.25) is 0 Å². The molecule has 0 aliphatic heterocycles. The highest BCUT2D eigenvalue weighted by molar-refractivity contribution is 5.29. The van der Waals surface area contributed by atoms with E-state index in [9.17, 15) is 4.39 Å². The molecule has 0 fully saturated rings. The lowest BCUT2D eigenvalue weighted by Gasteiger charge is -2.13. The van der Waals surface area contributed by atoms with Crippen LogP contribution in [-0.4, -0.2) is 12.6 Å². The topological polar surface area (TPSA) is 35.2 Å². The molecule has 2 nitrogen and oxygen atoms in total. The van der Waals surface area contributed by atoms with E-state index in [0.717, 1.165) is 18.4 Å². The second kappa shape index (κ2) is 7.37. The van der Waals surface area contributed by atoms with Crippen molar-refractivity contribution in [3.05, 3.63) is 29.6 Å². The molecule has 2 atom stereocenters. The van der Waals surface area contributed by atoms with Gasteiger partial charge in [0.1, 0.15) is 0 Å². The van der Waals surface area contributed by atoms with Crippen molar-refractivity contribution >= 4 is 0 Å². The van der Waals surface area contributed by atoms with E-state index in [2.05, 4.69) is 13.8 Å². The molecule has 3 heteroatoms. The van der Waals surface area contributed by atoms with Crippen LogP contribution in [-0.2, 0) is 6.42 Å². The highest BCUT2D eigenvalue weighted by atomic mass is 19.1. The van der Waals surface area contributed by atoms with Gasteiger partial charge in [-0.25, -0.2) is 4.39 Å². The molecule has 0 heterocycles. The quantitative estimate of drug-likeness (QED) is 0.806. The lowest BCUT2D eigenvalue weighted by Crippen LogP contribution is -2.21. The van der Waals surface area contributed by atoms with Crippen LogP contribution >= 0.6 is 0 Å². The van der Waals surface area contributed by atoms with Crippen LogP contribution in [0.25, 0.3) is 0 Å². The molecule has 0 aliphatic carbocycles. The Morgan fingerprint density at radius 3 is 2.56 bits per heavy atom. The maximum atomic E-state index is 13.8. The average molecular weight is 253 g/mol. The molecule has 0 bridgehead atoms. The van der Waals surface area contributed by atoms with Gasteiger partial charge in [-0.2, -0.15) is 0 Å². The van der Waals surface area contributed by atoms with Crippen LogP contribution in [0.3, 0.4) is 0 Å². The zero-order valence-electron chi connectivity index (χ0n) is 11.6. The van der Waals surface area contributed by atoms with Crippen molar-refractivity contribution in [3.63, 3.8) is 0 Å². The fourth-order valence-electron chi connectivity index (χ4n) is 1.59. The smallest absolute Gasteiger partial charge is 0.165 e. The van der Waals surface area contributed by atoms with Crippen molar-refractivity contribution in [3.8, 4) is 5.75 Å². The zero-order chi connectivity index (χ0) is 13.5. The molecular formula is C15H24FNO. The van der Waals surface area contributed by atoms with Gasteiger partial charge in [0, 0.05) is 6.04 Å². The molecule has 2 N–H and O–H groups in total. The van der Waals surface area contributed by atoms with Gasteiger partial charge >= 0.3 is 0 Å². The Bertz CT molecular complexity index is 368. The fourth-order valence-corrected chi connectivity index (χ4v) is 1.59. The second-order valence-corrected chi connectivity index (χ2v) is 4.96. The van der Waals surface area contributed by atoms with Crippen LogP contribution < -0.4 is 10.5 Å². The predicted molar refractivity (Wildman–Crippen MR) is 73.3 cm³/mol. The summed E-state index contributed by atoms with van der Waals surface area (Å²) in [4.78, 5) is 0. The molecule has 0 aliphatic rings. The van der Waals surface area contributed by atoms with Crippen molar-refractivity contribution in [2.45, 2.75) is 46.1 Å². The Morgan fingerprint density at radius 2 is 2.00 bits per heavy atom. The van der Waals surface area contributed by atoms with Crippen LogP contribution in [0.15, 0.2) is 18.2 Å². The highest BCUT2D eigenvalue weighted by Gasteiger charge is 2.08. The molecular weight excluding hydrogens is 229 g/mol. The Labute approximate surface area is 109 Å². The van der Waals surface area contributed by atoms with Crippen LogP contribution in [0, 0.1) is 11.7 Å². The van der Waals surface area contributed by atoms with Gasteiger partial charge in [0.15, 0.2) is 11.6 Å². The monoisotopic (exact) mass is 253 g/mol. The minimum Gasteiger partial charge on any atom is -0.490 e. The number of hydrogen-bond acceptors (Lipinski definition) is 2. The molecule has 0 amide bonds. The fraction of sp³-hybridized carbons (Fsp3) is 0.600. The SMILES string of the molecule is CCC(C)COc1ccc(CC(N)CC)cc1F. The summed E-state index contributed by atoms with van der Waals surface area (Å²) in [5.41, 5.74) is 6.78. The van der Waals surface area contributed by atoms with Gasteiger partial charge in [-0.1, -0.05) is 33.3 Å². The molecule has 0 saturated carbocycles. The van der Waals surface area contributed by atoms with E-state index < -0.39 is 0 Å². The minimum absolute atomic E-state index is 0.0938. The molecule has 1 aromatic carbocycles. The number of hydrogen-bond donors (Lipinski definition) is 1. The van der Waals surface area contributed by atoms with Gasteiger partial charge in [0.25, 0.3) is 0 Å². The van der Waals surface area contributed by atoms with E-state index in [-0.39, 0.29) is 11.9 Å². The molecule has 0 saturated heterocycles. The van der Waals surface area contributed by atoms with E-state index in [4.69, 9.17) is 10.5 Å².